The van der Waals surface area contributed by atoms with Gasteiger partial charge in [0.25, 0.3) is 5.91 Å². The van der Waals surface area contributed by atoms with Gasteiger partial charge in [0.05, 0.1) is 18.5 Å². The van der Waals surface area contributed by atoms with Crippen LogP contribution in [0.1, 0.15) is 46.9 Å². The number of hydrogen-bond donors (Lipinski definition) is 1. The summed E-state index contributed by atoms with van der Waals surface area (Å²) in [5, 5.41) is 4.15. The molecule has 2 N–H and O–H groups in total. The maximum absolute atomic E-state index is 12.5. The van der Waals surface area contributed by atoms with Crippen molar-refractivity contribution in [2.45, 2.75) is 26.2 Å². The monoisotopic (exact) mass is 342 g/mol. The molecule has 0 atom stereocenters. The number of rotatable bonds is 4. The minimum absolute atomic E-state index is 0.0481. The van der Waals surface area contributed by atoms with E-state index in [4.69, 9.17) is 10.5 Å². The summed E-state index contributed by atoms with van der Waals surface area (Å²) >= 11 is 0. The van der Waals surface area contributed by atoms with E-state index in [0.29, 0.717) is 11.3 Å². The summed E-state index contributed by atoms with van der Waals surface area (Å²) in [5.74, 6) is -0.233. The van der Waals surface area contributed by atoms with Crippen molar-refractivity contribution in [3.63, 3.8) is 0 Å². The number of ether oxygens (including phenoxy) is 1. The summed E-state index contributed by atoms with van der Waals surface area (Å²) in [7, 11) is 0. The first-order valence-corrected chi connectivity index (χ1v) is 8.52. The van der Waals surface area contributed by atoms with Crippen molar-refractivity contribution in [3.05, 3.63) is 41.6 Å². The molecule has 0 radical (unpaired) electrons. The van der Waals surface area contributed by atoms with Gasteiger partial charge in [0.1, 0.15) is 11.4 Å². The molecule has 0 spiro atoms. The Bertz CT molecular complexity index is 761. The maximum atomic E-state index is 12.5. The summed E-state index contributed by atoms with van der Waals surface area (Å²) in [5.41, 5.74) is 7.56. The smallest absolute Gasteiger partial charge is 0.343 e. The number of nitrogens with two attached hydrogens (primary N) is 1. The van der Waals surface area contributed by atoms with Crippen molar-refractivity contribution >= 4 is 17.7 Å². The molecular formula is C18H22N4O3. The second-order valence-electron chi connectivity index (χ2n) is 5.98. The Balaban J connectivity index is 1.78. The van der Waals surface area contributed by atoms with Gasteiger partial charge in [-0.05, 0) is 50.5 Å². The van der Waals surface area contributed by atoms with Crippen LogP contribution in [0.25, 0.3) is 5.69 Å². The van der Waals surface area contributed by atoms with Crippen LogP contribution in [0.2, 0.25) is 0 Å². The SMILES string of the molecule is CCOC(=O)c1cnn(-c2ccc(C(=O)N3CCCCC3)cc2)c1N. The molecule has 1 aromatic carbocycles. The van der Waals surface area contributed by atoms with Gasteiger partial charge in [0.15, 0.2) is 0 Å². The quantitative estimate of drug-likeness (QED) is 0.861. The molecule has 0 bridgehead atoms. The van der Waals surface area contributed by atoms with Gasteiger partial charge in [-0.15, -0.1) is 0 Å². The molecule has 1 amide bonds. The highest BCUT2D eigenvalue weighted by Crippen LogP contribution is 2.20. The molecule has 1 aromatic heterocycles. The Morgan fingerprint density at radius 2 is 1.84 bits per heavy atom. The average molecular weight is 342 g/mol. The average Bonchev–Trinajstić information content (AvgIpc) is 3.04. The van der Waals surface area contributed by atoms with Gasteiger partial charge < -0.3 is 15.4 Å². The van der Waals surface area contributed by atoms with E-state index < -0.39 is 5.97 Å². The van der Waals surface area contributed by atoms with Gasteiger partial charge in [0, 0.05) is 18.7 Å². The number of anilines is 1. The summed E-state index contributed by atoms with van der Waals surface area (Å²) in [6, 6.07) is 7.07. The lowest BCUT2D eigenvalue weighted by atomic mass is 10.1. The van der Waals surface area contributed by atoms with Gasteiger partial charge >= 0.3 is 5.97 Å². The first-order valence-electron chi connectivity index (χ1n) is 8.52. The van der Waals surface area contributed by atoms with Crippen molar-refractivity contribution in [2.24, 2.45) is 0 Å². The van der Waals surface area contributed by atoms with E-state index in [2.05, 4.69) is 5.10 Å². The van der Waals surface area contributed by atoms with E-state index in [1.54, 1.807) is 31.2 Å². The predicted octanol–water partition coefficient (Wildman–Crippen LogP) is 2.26. The Morgan fingerprint density at radius 3 is 2.48 bits per heavy atom. The lowest BCUT2D eigenvalue weighted by Gasteiger charge is -2.26. The molecule has 25 heavy (non-hydrogen) atoms. The number of carbonyl (C=O) groups is 2. The second kappa shape index (κ2) is 7.38. The highest BCUT2D eigenvalue weighted by Gasteiger charge is 2.19. The van der Waals surface area contributed by atoms with Crippen LogP contribution in [0, 0.1) is 0 Å². The molecule has 1 aliphatic rings. The number of aromatic nitrogens is 2. The van der Waals surface area contributed by atoms with Crippen molar-refractivity contribution in [1.82, 2.24) is 14.7 Å². The van der Waals surface area contributed by atoms with Gasteiger partial charge in [-0.1, -0.05) is 0 Å². The zero-order chi connectivity index (χ0) is 17.8. The molecule has 0 saturated carbocycles. The summed E-state index contributed by atoms with van der Waals surface area (Å²) in [4.78, 5) is 26.2. The molecular weight excluding hydrogens is 320 g/mol. The molecule has 3 rings (SSSR count). The largest absolute Gasteiger partial charge is 0.462 e. The highest BCUT2D eigenvalue weighted by atomic mass is 16.5. The number of amides is 1. The number of piperidine rings is 1. The topological polar surface area (TPSA) is 90.4 Å². The lowest BCUT2D eigenvalue weighted by Crippen LogP contribution is -2.35. The van der Waals surface area contributed by atoms with Gasteiger partial charge in [-0.25, -0.2) is 9.48 Å². The maximum Gasteiger partial charge on any atom is 0.343 e. The molecule has 2 heterocycles. The van der Waals surface area contributed by atoms with E-state index in [1.165, 1.54) is 17.3 Å². The third-order valence-electron chi connectivity index (χ3n) is 4.30. The molecule has 1 fully saturated rings. The minimum Gasteiger partial charge on any atom is -0.462 e. The van der Waals surface area contributed by atoms with E-state index in [1.807, 2.05) is 4.90 Å². The highest BCUT2D eigenvalue weighted by molar-refractivity contribution is 5.95. The van der Waals surface area contributed by atoms with E-state index in [-0.39, 0.29) is 23.9 Å². The van der Waals surface area contributed by atoms with Gasteiger partial charge in [0.2, 0.25) is 0 Å². The minimum atomic E-state index is -0.497. The van der Waals surface area contributed by atoms with Crippen LogP contribution in [-0.4, -0.2) is 46.3 Å². The Kier molecular flexibility index (Phi) is 5.02. The number of likely N-dealkylation sites (tertiary alicyclic amines) is 1. The predicted molar refractivity (Wildman–Crippen MR) is 93.7 cm³/mol. The number of nitrogens with zero attached hydrogens (tertiary/aromatic N) is 3. The first kappa shape index (κ1) is 17.0. The van der Waals surface area contributed by atoms with Crippen LogP contribution < -0.4 is 5.73 Å². The normalized spacial score (nSPS) is 14.4. The van der Waals surface area contributed by atoms with E-state index in [0.717, 1.165) is 25.9 Å². The standard InChI is InChI=1S/C18H22N4O3/c1-2-25-18(24)15-12-20-22(16(15)19)14-8-6-13(7-9-14)17(23)21-10-4-3-5-11-21/h6-9,12H,2-5,10-11,19H2,1H3. The summed E-state index contributed by atoms with van der Waals surface area (Å²) in [6.07, 6.45) is 4.69. The zero-order valence-corrected chi connectivity index (χ0v) is 14.3. The van der Waals surface area contributed by atoms with Gasteiger partial charge in [-0.3, -0.25) is 4.79 Å². The number of carbonyl (C=O) groups excluding carboxylic acids is 2. The van der Waals surface area contributed by atoms with Crippen molar-refractivity contribution in [3.8, 4) is 5.69 Å². The number of nitrogen functional groups attached to an aromatic ring is 1. The summed E-state index contributed by atoms with van der Waals surface area (Å²) in [6.45, 7) is 3.64. The molecule has 7 heteroatoms. The van der Waals surface area contributed by atoms with Crippen LogP contribution in [0.15, 0.2) is 30.5 Å². The molecule has 0 unspecified atom stereocenters. The van der Waals surface area contributed by atoms with Crippen molar-refractivity contribution in [1.29, 1.82) is 0 Å². The fraction of sp³-hybridized carbons (Fsp3) is 0.389. The Labute approximate surface area is 146 Å². The number of hydrogen-bond acceptors (Lipinski definition) is 5. The fourth-order valence-electron chi connectivity index (χ4n) is 2.95. The Hall–Kier alpha value is -2.83. The number of esters is 1. The lowest BCUT2D eigenvalue weighted by molar-refractivity contribution is 0.0527. The number of benzene rings is 1. The zero-order valence-electron chi connectivity index (χ0n) is 14.3. The van der Waals surface area contributed by atoms with Crippen LogP contribution in [0.3, 0.4) is 0 Å². The van der Waals surface area contributed by atoms with E-state index >= 15 is 0 Å². The summed E-state index contributed by atoms with van der Waals surface area (Å²) < 4.78 is 6.41. The first-order chi connectivity index (χ1) is 12.1. The van der Waals surface area contributed by atoms with E-state index in [9.17, 15) is 9.59 Å². The third kappa shape index (κ3) is 3.50. The molecule has 7 nitrogen and oxygen atoms in total. The van der Waals surface area contributed by atoms with Crippen LogP contribution in [0.5, 0.6) is 0 Å². The molecule has 132 valence electrons. The fourth-order valence-corrected chi connectivity index (χ4v) is 2.95. The molecule has 0 aliphatic carbocycles. The van der Waals surface area contributed by atoms with Crippen molar-refractivity contribution in [2.75, 3.05) is 25.4 Å². The molecule has 2 aromatic rings. The third-order valence-corrected chi connectivity index (χ3v) is 4.30. The van der Waals surface area contributed by atoms with Crippen LogP contribution in [0.4, 0.5) is 5.82 Å². The van der Waals surface area contributed by atoms with Crippen molar-refractivity contribution < 1.29 is 14.3 Å². The van der Waals surface area contributed by atoms with Crippen LogP contribution >= 0.6 is 0 Å². The van der Waals surface area contributed by atoms with Crippen LogP contribution in [-0.2, 0) is 4.74 Å². The Morgan fingerprint density at radius 1 is 1.16 bits per heavy atom. The van der Waals surface area contributed by atoms with Gasteiger partial charge in [-0.2, -0.15) is 5.10 Å². The molecule has 1 aliphatic heterocycles. The second-order valence-corrected chi connectivity index (χ2v) is 5.98. The molecule has 1 saturated heterocycles.